The van der Waals surface area contributed by atoms with Crippen molar-refractivity contribution in [3.63, 3.8) is 0 Å². The molecule has 2 fully saturated rings. The Labute approximate surface area is 90.6 Å². The molecule has 1 N–H and O–H groups in total. The lowest BCUT2D eigenvalue weighted by Gasteiger charge is -2.15. The van der Waals surface area contributed by atoms with Crippen LogP contribution in [0.1, 0.15) is 39.5 Å². The van der Waals surface area contributed by atoms with E-state index < -0.39 is 11.6 Å². The molecule has 2 atom stereocenters. The van der Waals surface area contributed by atoms with Gasteiger partial charge in [0.2, 0.25) is 0 Å². The SMILES string of the molecule is CC1(C(=O)O)CCCO1.CC1CCCO1. The standard InChI is InChI=1S/C6H10O3.C5H10O/c1-6(5(7)8)3-2-4-9-6;1-5-3-2-4-6-5/h2-4H2,1H3,(H,7,8);5H,2-4H2,1H3. The van der Waals surface area contributed by atoms with Gasteiger partial charge >= 0.3 is 5.97 Å². The van der Waals surface area contributed by atoms with E-state index in [-0.39, 0.29) is 0 Å². The Hall–Kier alpha value is -0.610. The monoisotopic (exact) mass is 216 g/mol. The van der Waals surface area contributed by atoms with Crippen molar-refractivity contribution in [3.05, 3.63) is 0 Å². The third kappa shape index (κ3) is 3.80. The van der Waals surface area contributed by atoms with Gasteiger partial charge in [-0.25, -0.2) is 4.79 Å². The number of rotatable bonds is 1. The van der Waals surface area contributed by atoms with Gasteiger partial charge in [-0.3, -0.25) is 0 Å². The molecule has 2 heterocycles. The summed E-state index contributed by atoms with van der Waals surface area (Å²) in [4.78, 5) is 10.4. The first kappa shape index (κ1) is 12.5. The molecule has 4 nitrogen and oxygen atoms in total. The topological polar surface area (TPSA) is 55.8 Å². The maximum atomic E-state index is 10.4. The highest BCUT2D eigenvalue weighted by Crippen LogP contribution is 2.24. The predicted molar refractivity (Wildman–Crippen MR) is 55.9 cm³/mol. The highest BCUT2D eigenvalue weighted by Gasteiger charge is 2.37. The van der Waals surface area contributed by atoms with E-state index in [1.807, 2.05) is 0 Å². The number of aliphatic carboxylic acids is 1. The molecule has 2 aliphatic heterocycles. The minimum atomic E-state index is -0.889. The van der Waals surface area contributed by atoms with E-state index in [4.69, 9.17) is 14.6 Å². The number of carboxylic acids is 1. The van der Waals surface area contributed by atoms with E-state index in [1.165, 1.54) is 12.8 Å². The first-order valence-electron chi connectivity index (χ1n) is 5.53. The summed E-state index contributed by atoms with van der Waals surface area (Å²) in [6.07, 6.45) is 4.58. The molecule has 0 saturated carbocycles. The molecule has 2 rings (SSSR count). The zero-order chi connectivity index (χ0) is 11.3. The Balaban J connectivity index is 0.000000162. The van der Waals surface area contributed by atoms with E-state index in [0.29, 0.717) is 19.1 Å². The van der Waals surface area contributed by atoms with Gasteiger partial charge in [0.25, 0.3) is 0 Å². The fraction of sp³-hybridized carbons (Fsp3) is 0.909. The number of hydrogen-bond acceptors (Lipinski definition) is 3. The molecule has 15 heavy (non-hydrogen) atoms. The van der Waals surface area contributed by atoms with Gasteiger partial charge in [0.15, 0.2) is 5.60 Å². The average molecular weight is 216 g/mol. The van der Waals surface area contributed by atoms with Crippen molar-refractivity contribution in [1.29, 1.82) is 0 Å². The lowest BCUT2D eigenvalue weighted by atomic mass is 10.0. The molecule has 0 aliphatic carbocycles. The Bertz CT molecular complexity index is 203. The normalized spacial score (nSPS) is 34.7. The molecule has 0 aromatic rings. The first-order chi connectivity index (χ1) is 7.04. The van der Waals surface area contributed by atoms with E-state index in [0.717, 1.165) is 13.0 Å². The van der Waals surface area contributed by atoms with Crippen molar-refractivity contribution in [2.75, 3.05) is 13.2 Å². The fourth-order valence-electron chi connectivity index (χ4n) is 1.69. The highest BCUT2D eigenvalue weighted by atomic mass is 16.5. The lowest BCUT2D eigenvalue weighted by molar-refractivity contribution is -0.157. The summed E-state index contributed by atoms with van der Waals surface area (Å²) in [5.74, 6) is -0.847. The quantitative estimate of drug-likeness (QED) is 0.726. The van der Waals surface area contributed by atoms with Crippen LogP contribution in [0.2, 0.25) is 0 Å². The van der Waals surface area contributed by atoms with Gasteiger partial charge in [0, 0.05) is 13.2 Å². The van der Waals surface area contributed by atoms with Crippen LogP contribution in [-0.4, -0.2) is 36.0 Å². The van der Waals surface area contributed by atoms with Crippen LogP contribution in [0, 0.1) is 0 Å². The molecule has 0 amide bonds. The molecule has 2 aliphatic rings. The summed E-state index contributed by atoms with van der Waals surface area (Å²) in [7, 11) is 0. The van der Waals surface area contributed by atoms with Crippen LogP contribution in [0.5, 0.6) is 0 Å². The molecule has 2 saturated heterocycles. The summed E-state index contributed by atoms with van der Waals surface area (Å²) in [6, 6.07) is 0. The molecular weight excluding hydrogens is 196 g/mol. The largest absolute Gasteiger partial charge is 0.479 e. The van der Waals surface area contributed by atoms with Crippen LogP contribution < -0.4 is 0 Å². The van der Waals surface area contributed by atoms with Crippen molar-refractivity contribution >= 4 is 5.97 Å². The van der Waals surface area contributed by atoms with Crippen LogP contribution in [-0.2, 0) is 14.3 Å². The van der Waals surface area contributed by atoms with Crippen LogP contribution in [0.3, 0.4) is 0 Å². The predicted octanol–water partition coefficient (Wildman–Crippen LogP) is 1.83. The summed E-state index contributed by atoms with van der Waals surface area (Å²) in [5.41, 5.74) is -0.889. The molecule has 88 valence electrons. The maximum Gasteiger partial charge on any atom is 0.335 e. The number of hydrogen-bond donors (Lipinski definition) is 1. The fourth-order valence-corrected chi connectivity index (χ4v) is 1.69. The van der Waals surface area contributed by atoms with Crippen molar-refractivity contribution in [3.8, 4) is 0 Å². The van der Waals surface area contributed by atoms with Gasteiger partial charge in [-0.2, -0.15) is 0 Å². The second kappa shape index (κ2) is 5.47. The van der Waals surface area contributed by atoms with E-state index in [2.05, 4.69) is 6.92 Å². The number of carboxylic acid groups (broad SMARTS) is 1. The third-order valence-electron chi connectivity index (χ3n) is 2.83. The Kier molecular flexibility index (Phi) is 4.54. The van der Waals surface area contributed by atoms with Crippen molar-refractivity contribution in [2.24, 2.45) is 0 Å². The van der Waals surface area contributed by atoms with E-state index >= 15 is 0 Å². The van der Waals surface area contributed by atoms with Gasteiger partial charge in [0.05, 0.1) is 6.10 Å². The summed E-state index contributed by atoms with van der Waals surface area (Å²) >= 11 is 0. The maximum absolute atomic E-state index is 10.4. The van der Waals surface area contributed by atoms with Crippen LogP contribution in [0.15, 0.2) is 0 Å². The minimum Gasteiger partial charge on any atom is -0.479 e. The van der Waals surface area contributed by atoms with Crippen LogP contribution in [0.4, 0.5) is 0 Å². The molecule has 0 bridgehead atoms. The van der Waals surface area contributed by atoms with Crippen molar-refractivity contribution < 1.29 is 19.4 Å². The van der Waals surface area contributed by atoms with Crippen molar-refractivity contribution in [2.45, 2.75) is 51.2 Å². The van der Waals surface area contributed by atoms with Gasteiger partial charge < -0.3 is 14.6 Å². The van der Waals surface area contributed by atoms with Crippen LogP contribution >= 0.6 is 0 Å². The summed E-state index contributed by atoms with van der Waals surface area (Å²) in [6.45, 7) is 5.30. The molecular formula is C11H20O4. The zero-order valence-corrected chi connectivity index (χ0v) is 9.49. The van der Waals surface area contributed by atoms with Crippen LogP contribution in [0.25, 0.3) is 0 Å². The summed E-state index contributed by atoms with van der Waals surface area (Å²) in [5, 5.41) is 8.55. The summed E-state index contributed by atoms with van der Waals surface area (Å²) < 4.78 is 10.2. The minimum absolute atomic E-state index is 0.546. The second-order valence-electron chi connectivity index (χ2n) is 4.31. The Morgan fingerprint density at radius 2 is 2.13 bits per heavy atom. The van der Waals surface area contributed by atoms with Crippen molar-refractivity contribution in [1.82, 2.24) is 0 Å². The Morgan fingerprint density at radius 1 is 1.40 bits per heavy atom. The lowest BCUT2D eigenvalue weighted by Crippen LogP contribution is -2.33. The van der Waals surface area contributed by atoms with Gasteiger partial charge in [-0.15, -0.1) is 0 Å². The highest BCUT2D eigenvalue weighted by molar-refractivity contribution is 5.77. The first-order valence-corrected chi connectivity index (χ1v) is 5.53. The second-order valence-corrected chi connectivity index (χ2v) is 4.31. The van der Waals surface area contributed by atoms with Gasteiger partial charge in [-0.1, -0.05) is 0 Å². The van der Waals surface area contributed by atoms with E-state index in [1.54, 1.807) is 6.92 Å². The molecule has 4 heteroatoms. The molecule has 0 aromatic carbocycles. The number of ether oxygens (including phenoxy) is 2. The van der Waals surface area contributed by atoms with Gasteiger partial charge in [-0.05, 0) is 39.5 Å². The third-order valence-corrected chi connectivity index (χ3v) is 2.83. The average Bonchev–Trinajstić information content (AvgIpc) is 2.78. The molecule has 0 spiro atoms. The Morgan fingerprint density at radius 3 is 2.33 bits per heavy atom. The smallest absolute Gasteiger partial charge is 0.335 e. The van der Waals surface area contributed by atoms with E-state index in [9.17, 15) is 4.79 Å². The molecule has 0 radical (unpaired) electrons. The molecule has 0 aromatic heterocycles. The van der Waals surface area contributed by atoms with Gasteiger partial charge in [0.1, 0.15) is 0 Å². The molecule has 2 unspecified atom stereocenters. The zero-order valence-electron chi connectivity index (χ0n) is 9.49. The number of carbonyl (C=O) groups is 1.